The Morgan fingerprint density at radius 3 is 2.76 bits per heavy atom. The summed E-state index contributed by atoms with van der Waals surface area (Å²) in [5.74, 6) is -0.701. The summed E-state index contributed by atoms with van der Waals surface area (Å²) in [4.78, 5) is 26.8. The van der Waals surface area contributed by atoms with Crippen LogP contribution in [0.4, 0.5) is 4.39 Å². The van der Waals surface area contributed by atoms with Crippen LogP contribution in [-0.2, 0) is 13.6 Å². The van der Waals surface area contributed by atoms with Gasteiger partial charge < -0.3 is 10.6 Å². The summed E-state index contributed by atoms with van der Waals surface area (Å²) in [5.41, 5.74) is 2.04. The minimum absolute atomic E-state index is 0.114. The SMILES string of the molecule is CNCc1ccc(F)cc1-c1ccc(C(C)NC(=O)c2ccc(=O)n(-c3cnn(C)c3)n2)s1. The standard InChI is InChI=1S/C23H23FN6O2S/c1-14(20-7-8-21(33-20)18-10-16(24)5-4-15(18)11-25-2)27-23(32)19-6-9-22(31)30(28-19)17-12-26-29(3)13-17/h4-10,12-14,25H,11H2,1-3H3,(H,27,32). The van der Waals surface area contributed by atoms with Gasteiger partial charge in [0.05, 0.1) is 18.4 Å². The van der Waals surface area contributed by atoms with Crippen LogP contribution in [0, 0.1) is 5.82 Å². The fraction of sp³-hybridized carbons (Fsp3) is 0.217. The molecule has 0 aliphatic heterocycles. The average molecular weight is 467 g/mol. The van der Waals surface area contributed by atoms with Gasteiger partial charge in [0.25, 0.3) is 11.5 Å². The zero-order chi connectivity index (χ0) is 23.5. The van der Waals surface area contributed by atoms with Crippen LogP contribution in [0.15, 0.2) is 59.7 Å². The third-order valence-electron chi connectivity index (χ3n) is 5.07. The molecule has 170 valence electrons. The number of rotatable bonds is 7. The first-order valence-electron chi connectivity index (χ1n) is 10.3. The first-order valence-corrected chi connectivity index (χ1v) is 11.1. The summed E-state index contributed by atoms with van der Waals surface area (Å²) in [6.07, 6.45) is 3.14. The Balaban J connectivity index is 1.54. The number of benzene rings is 1. The Bertz CT molecular complexity index is 1360. The van der Waals surface area contributed by atoms with Crippen molar-refractivity contribution in [3.8, 4) is 16.1 Å². The lowest BCUT2D eigenvalue weighted by Gasteiger charge is -2.12. The molecule has 0 aliphatic carbocycles. The molecule has 1 amide bonds. The number of amides is 1. The second-order valence-corrected chi connectivity index (χ2v) is 8.69. The highest BCUT2D eigenvalue weighted by molar-refractivity contribution is 7.15. The molecule has 3 aromatic heterocycles. The molecule has 0 radical (unpaired) electrons. The second kappa shape index (κ2) is 9.47. The minimum Gasteiger partial charge on any atom is -0.343 e. The Morgan fingerprint density at radius 1 is 1.21 bits per heavy atom. The minimum atomic E-state index is -0.406. The van der Waals surface area contributed by atoms with E-state index in [1.54, 1.807) is 24.0 Å². The highest BCUT2D eigenvalue weighted by Crippen LogP contribution is 2.34. The molecule has 2 N–H and O–H groups in total. The Labute approximate surface area is 193 Å². The molecule has 33 heavy (non-hydrogen) atoms. The molecular weight excluding hydrogens is 443 g/mol. The molecule has 8 nitrogen and oxygen atoms in total. The molecule has 4 aromatic rings. The first kappa shape index (κ1) is 22.6. The van der Waals surface area contributed by atoms with Gasteiger partial charge in [0, 0.05) is 29.4 Å². The Kier molecular flexibility index (Phi) is 6.47. The number of hydrogen-bond acceptors (Lipinski definition) is 6. The number of nitrogens with one attached hydrogen (secondary N) is 2. The number of carbonyl (C=O) groups excluding carboxylic acids is 1. The summed E-state index contributed by atoms with van der Waals surface area (Å²) in [5, 5.41) is 14.2. The van der Waals surface area contributed by atoms with Gasteiger partial charge in [-0.2, -0.15) is 14.9 Å². The van der Waals surface area contributed by atoms with Gasteiger partial charge in [-0.1, -0.05) is 6.07 Å². The normalized spacial score (nSPS) is 12.0. The van der Waals surface area contributed by atoms with Crippen molar-refractivity contribution in [1.82, 2.24) is 30.2 Å². The largest absolute Gasteiger partial charge is 0.343 e. The van der Waals surface area contributed by atoms with Gasteiger partial charge >= 0.3 is 0 Å². The number of aryl methyl sites for hydroxylation is 1. The molecule has 0 saturated heterocycles. The lowest BCUT2D eigenvalue weighted by Crippen LogP contribution is -2.30. The molecule has 0 spiro atoms. The van der Waals surface area contributed by atoms with Gasteiger partial charge in [-0.3, -0.25) is 14.3 Å². The molecule has 0 saturated carbocycles. The molecule has 0 aliphatic rings. The van der Waals surface area contributed by atoms with Crippen molar-refractivity contribution in [1.29, 1.82) is 0 Å². The smallest absolute Gasteiger partial charge is 0.272 e. The van der Waals surface area contributed by atoms with E-state index in [9.17, 15) is 14.0 Å². The van der Waals surface area contributed by atoms with Crippen LogP contribution in [0.2, 0.25) is 0 Å². The van der Waals surface area contributed by atoms with E-state index in [0.717, 1.165) is 25.6 Å². The van der Waals surface area contributed by atoms with Gasteiger partial charge in [0.15, 0.2) is 0 Å². The lowest BCUT2D eigenvalue weighted by molar-refractivity contribution is 0.0933. The van der Waals surface area contributed by atoms with Crippen LogP contribution < -0.4 is 16.2 Å². The molecule has 4 rings (SSSR count). The van der Waals surface area contributed by atoms with Crippen LogP contribution in [0.25, 0.3) is 16.1 Å². The van der Waals surface area contributed by atoms with Gasteiger partial charge in [-0.05, 0) is 55.4 Å². The Hall–Kier alpha value is -3.63. The zero-order valence-corrected chi connectivity index (χ0v) is 19.2. The maximum absolute atomic E-state index is 13.9. The quantitative estimate of drug-likeness (QED) is 0.437. The molecular formula is C23H23FN6O2S. The van der Waals surface area contributed by atoms with E-state index in [2.05, 4.69) is 20.8 Å². The number of hydrogen-bond donors (Lipinski definition) is 2. The average Bonchev–Trinajstić information content (AvgIpc) is 3.45. The maximum Gasteiger partial charge on any atom is 0.272 e. The zero-order valence-electron chi connectivity index (χ0n) is 18.4. The van der Waals surface area contributed by atoms with E-state index in [1.807, 2.05) is 26.1 Å². The van der Waals surface area contributed by atoms with Crippen LogP contribution in [-0.4, -0.2) is 32.5 Å². The highest BCUT2D eigenvalue weighted by atomic mass is 32.1. The highest BCUT2D eigenvalue weighted by Gasteiger charge is 2.17. The van der Waals surface area contributed by atoms with Crippen LogP contribution in [0.1, 0.15) is 33.9 Å². The molecule has 1 atom stereocenters. The van der Waals surface area contributed by atoms with Gasteiger partial charge in [0.2, 0.25) is 0 Å². The van der Waals surface area contributed by atoms with E-state index >= 15 is 0 Å². The molecule has 10 heteroatoms. The van der Waals surface area contributed by atoms with E-state index in [0.29, 0.717) is 12.2 Å². The number of aromatic nitrogens is 4. The van der Waals surface area contributed by atoms with E-state index in [1.165, 1.54) is 41.8 Å². The summed E-state index contributed by atoms with van der Waals surface area (Å²) in [6.45, 7) is 2.48. The fourth-order valence-corrected chi connectivity index (χ4v) is 4.49. The molecule has 1 unspecified atom stereocenters. The van der Waals surface area contributed by atoms with Gasteiger partial charge in [-0.15, -0.1) is 11.3 Å². The van der Waals surface area contributed by atoms with E-state index < -0.39 is 5.91 Å². The Morgan fingerprint density at radius 2 is 2.03 bits per heavy atom. The van der Waals surface area contributed by atoms with E-state index in [-0.39, 0.29) is 23.1 Å². The summed E-state index contributed by atoms with van der Waals surface area (Å²) < 4.78 is 16.6. The number of carbonyl (C=O) groups is 1. The van der Waals surface area contributed by atoms with Crippen LogP contribution in [0.3, 0.4) is 0 Å². The van der Waals surface area contributed by atoms with Crippen molar-refractivity contribution in [3.63, 3.8) is 0 Å². The van der Waals surface area contributed by atoms with Crippen LogP contribution in [0.5, 0.6) is 0 Å². The van der Waals surface area contributed by atoms with Crippen molar-refractivity contribution in [3.05, 3.63) is 87.2 Å². The summed E-state index contributed by atoms with van der Waals surface area (Å²) in [7, 11) is 3.57. The third-order valence-corrected chi connectivity index (χ3v) is 6.38. The van der Waals surface area contributed by atoms with Crippen molar-refractivity contribution in [2.75, 3.05) is 7.05 Å². The van der Waals surface area contributed by atoms with Crippen molar-refractivity contribution in [2.24, 2.45) is 7.05 Å². The molecule has 0 bridgehead atoms. The first-order chi connectivity index (χ1) is 15.9. The van der Waals surface area contributed by atoms with Crippen molar-refractivity contribution < 1.29 is 9.18 Å². The summed E-state index contributed by atoms with van der Waals surface area (Å²) >= 11 is 1.49. The third kappa shape index (κ3) is 4.91. The van der Waals surface area contributed by atoms with E-state index in [4.69, 9.17) is 0 Å². The number of nitrogens with zero attached hydrogens (tertiary/aromatic N) is 4. The van der Waals surface area contributed by atoms with Gasteiger partial charge in [0.1, 0.15) is 17.2 Å². The lowest BCUT2D eigenvalue weighted by atomic mass is 10.1. The number of halogens is 1. The predicted octanol–water partition coefficient (Wildman–Crippen LogP) is 3.04. The second-order valence-electron chi connectivity index (χ2n) is 7.57. The monoisotopic (exact) mass is 466 g/mol. The van der Waals surface area contributed by atoms with Crippen molar-refractivity contribution >= 4 is 17.2 Å². The van der Waals surface area contributed by atoms with Crippen molar-refractivity contribution in [2.45, 2.75) is 19.5 Å². The van der Waals surface area contributed by atoms with Crippen LogP contribution >= 0.6 is 11.3 Å². The topological polar surface area (TPSA) is 93.8 Å². The van der Waals surface area contributed by atoms with Gasteiger partial charge in [-0.25, -0.2) is 4.39 Å². The molecule has 0 fully saturated rings. The maximum atomic E-state index is 13.9. The molecule has 3 heterocycles. The molecule has 1 aromatic carbocycles. The fourth-order valence-electron chi connectivity index (χ4n) is 3.43. The predicted molar refractivity (Wildman–Crippen MR) is 125 cm³/mol. The number of thiophene rings is 1. The summed E-state index contributed by atoms with van der Waals surface area (Å²) in [6, 6.07) is 11.0.